The summed E-state index contributed by atoms with van der Waals surface area (Å²) < 4.78 is 0. The summed E-state index contributed by atoms with van der Waals surface area (Å²) in [5, 5.41) is 78.7. The Morgan fingerprint density at radius 1 is 0.182 bits per heavy atom. The Bertz CT molecular complexity index is 5460. The standard InChI is InChI=1S/3C36H42O2Si2.La/c3*1-35(2,3)39(7,8)21-19-25-11-15-29-27(23-25)13-17-31(37)33(29)34-30-16-12-26(24-28(30)14-18-32(34)38)20-22-40(9,10)36(4,5)6;/h3*11-18,23-24,37-38H,1-10H3;. The average molecular weight is 1830 g/mol. The number of hydrogen-bond acceptors (Lipinski definition) is 6. The maximum absolute atomic E-state index is 11.1. The van der Waals surface area contributed by atoms with E-state index in [-0.39, 0.29) is 100 Å². The monoisotopic (exact) mass is 1830 g/mol. The van der Waals surface area contributed by atoms with Gasteiger partial charge < -0.3 is 30.6 Å². The SMILES string of the molecule is CC(C)(C)[Si](C)(C)C#Cc1ccc2c(-c3c(O)ccc4cc(C#C[Si](C)(C)C(C)(C)C)ccc34)c(O)ccc2c1.CC(C)(C)[Si](C)(C)C#Cc1ccc2c(-c3c(O)ccc4cc(C#C[Si](C)(C)C(C)(C)C)ccc34)c(O)ccc2c1.CC(C)(C)[Si](C)(C)C#Cc1ccc2c(-c3c(O)ccc4cc(C#C[Si](C)(C)C(C)(C)C)ccc34)c(O)ccc2c1.[La]. The fourth-order valence-corrected chi connectivity index (χ4v) is 17.4. The van der Waals surface area contributed by atoms with Gasteiger partial charge in [-0.1, -0.05) is 312 Å². The number of phenols is 6. The molecule has 12 aromatic rings. The average Bonchev–Trinajstić information content (AvgIpc) is 0.759. The number of aromatic hydroxyl groups is 6. The van der Waals surface area contributed by atoms with Gasteiger partial charge in [-0.15, -0.1) is 33.3 Å². The topological polar surface area (TPSA) is 121 Å². The van der Waals surface area contributed by atoms with Gasteiger partial charge in [0.2, 0.25) is 0 Å². The van der Waals surface area contributed by atoms with Crippen molar-refractivity contribution in [2.45, 2.75) is 233 Å². The van der Waals surface area contributed by atoms with Crippen molar-refractivity contribution < 1.29 is 66.2 Å². The third-order valence-electron chi connectivity index (χ3n) is 27.1. The first-order valence-corrected chi connectivity index (χ1v) is 60.0. The molecule has 0 atom stereocenters. The molecular weight excluding hydrogens is 1700 g/mol. The van der Waals surface area contributed by atoms with E-state index in [0.29, 0.717) is 33.4 Å². The summed E-state index contributed by atoms with van der Waals surface area (Å²) in [7, 11) is -10.4. The van der Waals surface area contributed by atoms with Gasteiger partial charge in [0.1, 0.15) is 82.9 Å². The van der Waals surface area contributed by atoms with Crippen molar-refractivity contribution in [1.29, 1.82) is 0 Å². The third kappa shape index (κ3) is 21.2. The second kappa shape index (κ2) is 35.2. The molecule has 13 heteroatoms. The van der Waals surface area contributed by atoms with Gasteiger partial charge in [0.25, 0.3) is 0 Å². The van der Waals surface area contributed by atoms with E-state index in [1.54, 1.807) is 36.4 Å². The van der Waals surface area contributed by atoms with Crippen LogP contribution in [0.2, 0.25) is 109 Å². The molecule has 0 amide bonds. The molecule has 6 nitrogen and oxygen atoms in total. The van der Waals surface area contributed by atoms with E-state index in [0.717, 1.165) is 98.0 Å². The number of hydrogen-bond donors (Lipinski definition) is 6. The summed E-state index contributed by atoms with van der Waals surface area (Å²) in [6.07, 6.45) is 0. The normalized spacial score (nSPS) is 12.4. The van der Waals surface area contributed by atoms with E-state index >= 15 is 0 Å². The first-order valence-electron chi connectivity index (χ1n) is 42.0. The van der Waals surface area contributed by atoms with Crippen LogP contribution in [0.3, 0.4) is 0 Å². The summed E-state index contributed by atoms with van der Waals surface area (Å²) in [4.78, 5) is 0. The molecule has 0 aliphatic carbocycles. The van der Waals surface area contributed by atoms with E-state index in [2.05, 4.69) is 308 Å². The molecule has 0 fully saturated rings. The zero-order chi connectivity index (χ0) is 89.0. The zero-order valence-electron chi connectivity index (χ0n) is 77.6. The summed E-state index contributed by atoms with van der Waals surface area (Å²) in [5.74, 6) is 21.4. The van der Waals surface area contributed by atoms with Crippen molar-refractivity contribution in [3.63, 3.8) is 0 Å². The van der Waals surface area contributed by atoms with Crippen LogP contribution >= 0.6 is 0 Å². The number of rotatable bonds is 3. The summed E-state index contributed by atoms with van der Waals surface area (Å²) in [6.45, 7) is 68.5. The minimum Gasteiger partial charge on any atom is -0.507 e. The van der Waals surface area contributed by atoms with Crippen LogP contribution < -0.4 is 0 Å². The van der Waals surface area contributed by atoms with Crippen molar-refractivity contribution in [3.05, 3.63) is 215 Å². The molecule has 0 saturated heterocycles. The van der Waals surface area contributed by atoms with Crippen LogP contribution in [0.15, 0.2) is 182 Å². The smallest absolute Gasteiger partial charge is 0.138 e. The second-order valence-electron chi connectivity index (χ2n) is 42.1. The Kier molecular flexibility index (Phi) is 27.9. The van der Waals surface area contributed by atoms with Gasteiger partial charge in [0.15, 0.2) is 0 Å². The van der Waals surface area contributed by atoms with Crippen LogP contribution in [-0.4, -0.2) is 79.1 Å². The number of benzene rings is 12. The van der Waals surface area contributed by atoms with Gasteiger partial charge >= 0.3 is 0 Å². The molecule has 6 N–H and O–H groups in total. The van der Waals surface area contributed by atoms with Crippen LogP contribution in [0.5, 0.6) is 34.5 Å². The van der Waals surface area contributed by atoms with Crippen molar-refractivity contribution in [2.24, 2.45) is 0 Å². The maximum Gasteiger partial charge on any atom is 0.138 e. The minimum absolute atomic E-state index is 0. The third-order valence-corrected chi connectivity index (χ3v) is 54.1. The number of fused-ring (bicyclic) bond motifs is 6. The van der Waals surface area contributed by atoms with Gasteiger partial charge in [0, 0.05) is 102 Å². The molecule has 12 aromatic carbocycles. The molecule has 1 radical (unpaired) electrons. The van der Waals surface area contributed by atoms with Gasteiger partial charge in [-0.25, -0.2) is 0 Å². The van der Waals surface area contributed by atoms with E-state index in [1.165, 1.54) is 0 Å². The first-order chi connectivity index (χ1) is 55.2. The van der Waals surface area contributed by atoms with E-state index in [1.807, 2.05) is 109 Å². The van der Waals surface area contributed by atoms with Gasteiger partial charge in [0.05, 0.1) is 0 Å². The van der Waals surface area contributed by atoms with Crippen LogP contribution in [-0.2, 0) is 0 Å². The number of phenolic OH excluding ortho intramolecular Hbond substituents is 6. The van der Waals surface area contributed by atoms with Crippen LogP contribution in [0.25, 0.3) is 98.0 Å². The minimum atomic E-state index is -1.74. The fourth-order valence-electron chi connectivity index (χ4n) is 12.4. The molecule has 0 spiro atoms. The second-order valence-corrected chi connectivity index (χ2v) is 72.1. The van der Waals surface area contributed by atoms with Crippen molar-refractivity contribution in [3.8, 4) is 137 Å². The fraction of sp³-hybridized carbons (Fsp3) is 0.333. The Morgan fingerprint density at radius 2 is 0.298 bits per heavy atom. The molecule has 121 heavy (non-hydrogen) atoms. The summed E-state index contributed by atoms with van der Waals surface area (Å²) >= 11 is 0. The van der Waals surface area contributed by atoms with Gasteiger partial charge in [-0.3, -0.25) is 0 Å². The van der Waals surface area contributed by atoms with E-state index in [9.17, 15) is 30.6 Å². The largest absolute Gasteiger partial charge is 0.507 e. The molecule has 0 aliphatic heterocycles. The molecule has 0 saturated carbocycles. The maximum atomic E-state index is 11.1. The van der Waals surface area contributed by atoms with Crippen molar-refractivity contribution in [1.82, 2.24) is 0 Å². The van der Waals surface area contributed by atoms with E-state index in [4.69, 9.17) is 0 Å². The first kappa shape index (κ1) is 95.7. The quantitative estimate of drug-likeness (QED) is 0.0774. The molecule has 621 valence electrons. The molecule has 0 aromatic heterocycles. The molecule has 0 heterocycles. The van der Waals surface area contributed by atoms with Crippen molar-refractivity contribution >= 4 is 113 Å². The Hall–Kier alpha value is -9.14. The predicted molar refractivity (Wildman–Crippen MR) is 535 cm³/mol. The van der Waals surface area contributed by atoms with E-state index < -0.39 is 48.4 Å². The zero-order valence-corrected chi connectivity index (χ0v) is 87.2. The van der Waals surface area contributed by atoms with Crippen LogP contribution in [0, 0.1) is 104 Å². The summed E-state index contributed by atoms with van der Waals surface area (Å²) in [5.41, 5.74) is 31.1. The molecule has 12 rings (SSSR count). The Morgan fingerprint density at radius 3 is 0.405 bits per heavy atom. The van der Waals surface area contributed by atoms with Crippen molar-refractivity contribution in [2.75, 3.05) is 0 Å². The predicted octanol–water partition coefficient (Wildman–Crippen LogP) is 29.6. The molecular formula is C108H126LaO6Si6. The molecule has 0 aliphatic rings. The molecule has 0 bridgehead atoms. The Labute approximate surface area is 757 Å². The molecule has 0 unspecified atom stereocenters. The van der Waals surface area contributed by atoms with Gasteiger partial charge in [-0.05, 0) is 204 Å². The van der Waals surface area contributed by atoms with Gasteiger partial charge in [-0.2, -0.15) is 0 Å². The van der Waals surface area contributed by atoms with Crippen LogP contribution in [0.1, 0.15) is 158 Å². The van der Waals surface area contributed by atoms with Crippen LogP contribution in [0.4, 0.5) is 0 Å². The summed E-state index contributed by atoms with van der Waals surface area (Å²) in [6, 6.07) is 58.4. The Balaban J connectivity index is 0.000000205.